The van der Waals surface area contributed by atoms with Crippen LogP contribution >= 0.6 is 11.8 Å². The highest BCUT2D eigenvalue weighted by molar-refractivity contribution is 7.99. The van der Waals surface area contributed by atoms with Crippen molar-refractivity contribution in [1.29, 1.82) is 0 Å². The number of nitrogens with one attached hydrogen (secondary N) is 1. The zero-order valence-corrected chi connectivity index (χ0v) is 14.2. The maximum atomic E-state index is 11.7. The molecule has 25 heavy (non-hydrogen) atoms. The van der Waals surface area contributed by atoms with E-state index in [0.717, 1.165) is 22.5 Å². The number of primary amides is 1. The Hall–Kier alpha value is -3.00. The highest BCUT2D eigenvalue weighted by Crippen LogP contribution is 2.28. The summed E-state index contributed by atoms with van der Waals surface area (Å²) in [6.07, 6.45) is 0. The molecule has 0 atom stereocenters. The Morgan fingerprint density at radius 2 is 1.92 bits per heavy atom. The van der Waals surface area contributed by atoms with Crippen LogP contribution in [-0.4, -0.2) is 34.4 Å². The van der Waals surface area contributed by atoms with Gasteiger partial charge in [-0.25, -0.2) is 9.78 Å². The molecule has 0 unspecified atom stereocenters. The van der Waals surface area contributed by atoms with Crippen molar-refractivity contribution in [2.45, 2.75) is 5.16 Å². The fourth-order valence-electron chi connectivity index (χ4n) is 2.39. The second-order valence-electron chi connectivity index (χ2n) is 5.12. The van der Waals surface area contributed by atoms with Crippen molar-refractivity contribution >= 4 is 34.7 Å². The Balaban J connectivity index is 1.96. The average molecular weight is 356 g/mol. The number of nitrogens with zero attached hydrogens (tertiary/aromatic N) is 2. The number of para-hydroxylation sites is 2. The molecule has 1 heterocycles. The van der Waals surface area contributed by atoms with Crippen LogP contribution in [0.25, 0.3) is 16.7 Å². The maximum absolute atomic E-state index is 11.7. The number of ether oxygens (including phenoxy) is 1. The lowest BCUT2D eigenvalue weighted by Gasteiger charge is -2.09. The number of aromatic nitrogens is 2. The van der Waals surface area contributed by atoms with E-state index < -0.39 is 11.9 Å². The number of benzene rings is 2. The Bertz CT molecular complexity index is 921. The summed E-state index contributed by atoms with van der Waals surface area (Å²) in [4.78, 5) is 27.0. The summed E-state index contributed by atoms with van der Waals surface area (Å²) in [6, 6.07) is 14.4. The summed E-state index contributed by atoms with van der Waals surface area (Å²) in [5.74, 6) is 0.316. The lowest BCUT2D eigenvalue weighted by atomic mass is 10.2. The van der Waals surface area contributed by atoms with Gasteiger partial charge in [-0.05, 0) is 36.4 Å². The normalized spacial score (nSPS) is 10.6. The molecule has 3 aromatic rings. The van der Waals surface area contributed by atoms with Crippen LogP contribution < -0.4 is 15.8 Å². The number of carbonyl (C=O) groups is 2. The van der Waals surface area contributed by atoms with Crippen molar-refractivity contribution in [3.8, 4) is 11.4 Å². The summed E-state index contributed by atoms with van der Waals surface area (Å²) in [5, 5.41) is 2.69. The first-order valence-corrected chi connectivity index (χ1v) is 8.41. The minimum Gasteiger partial charge on any atom is -0.497 e. The second-order valence-corrected chi connectivity index (χ2v) is 6.06. The topological polar surface area (TPSA) is 99.2 Å². The predicted molar refractivity (Wildman–Crippen MR) is 96.1 cm³/mol. The van der Waals surface area contributed by atoms with Crippen LogP contribution in [0.1, 0.15) is 0 Å². The summed E-state index contributed by atoms with van der Waals surface area (Å²) in [6.45, 7) is 0. The average Bonchev–Trinajstić information content (AvgIpc) is 2.98. The van der Waals surface area contributed by atoms with Gasteiger partial charge in [-0.1, -0.05) is 23.9 Å². The lowest BCUT2D eigenvalue weighted by molar-refractivity contribution is -0.117. The number of nitrogens with two attached hydrogens (primary N) is 1. The largest absolute Gasteiger partial charge is 0.497 e. The van der Waals surface area contributed by atoms with Crippen LogP contribution in [0.15, 0.2) is 53.7 Å². The molecule has 0 fully saturated rings. The number of carbonyl (C=O) groups excluding carboxylic acids is 2. The first-order chi connectivity index (χ1) is 12.1. The lowest BCUT2D eigenvalue weighted by Crippen LogP contribution is -2.36. The number of imidazole rings is 1. The zero-order chi connectivity index (χ0) is 17.8. The van der Waals surface area contributed by atoms with Crippen molar-refractivity contribution in [3.05, 3.63) is 48.5 Å². The number of hydrogen-bond acceptors (Lipinski definition) is 5. The zero-order valence-electron chi connectivity index (χ0n) is 13.4. The fourth-order valence-corrected chi connectivity index (χ4v) is 3.21. The Labute approximate surface area is 148 Å². The molecule has 0 radical (unpaired) electrons. The summed E-state index contributed by atoms with van der Waals surface area (Å²) in [5.41, 5.74) is 7.59. The maximum Gasteiger partial charge on any atom is 0.318 e. The fraction of sp³-hybridized carbons (Fsp3) is 0.118. The van der Waals surface area contributed by atoms with E-state index in [2.05, 4.69) is 4.98 Å². The van der Waals surface area contributed by atoms with Gasteiger partial charge < -0.3 is 10.5 Å². The molecule has 0 saturated carbocycles. The van der Waals surface area contributed by atoms with Gasteiger partial charge in [0.1, 0.15) is 5.75 Å². The Morgan fingerprint density at radius 1 is 1.20 bits per heavy atom. The first kappa shape index (κ1) is 16.8. The van der Waals surface area contributed by atoms with E-state index in [-0.39, 0.29) is 5.75 Å². The van der Waals surface area contributed by atoms with E-state index in [4.69, 9.17) is 10.5 Å². The number of fused-ring (bicyclic) bond motifs is 1. The molecule has 0 aliphatic carbocycles. The quantitative estimate of drug-likeness (QED) is 0.684. The molecule has 0 spiro atoms. The van der Waals surface area contributed by atoms with Crippen molar-refractivity contribution in [3.63, 3.8) is 0 Å². The molecule has 128 valence electrons. The monoisotopic (exact) mass is 356 g/mol. The highest BCUT2D eigenvalue weighted by atomic mass is 32.2. The third kappa shape index (κ3) is 3.74. The smallest absolute Gasteiger partial charge is 0.318 e. The van der Waals surface area contributed by atoms with Crippen molar-refractivity contribution in [2.75, 3.05) is 12.9 Å². The molecule has 3 N–H and O–H groups in total. The number of amides is 3. The van der Waals surface area contributed by atoms with Gasteiger partial charge in [-0.3, -0.25) is 14.7 Å². The third-order valence-corrected chi connectivity index (χ3v) is 4.39. The van der Waals surface area contributed by atoms with Crippen LogP contribution in [0.5, 0.6) is 5.75 Å². The van der Waals surface area contributed by atoms with Crippen LogP contribution in [0, 0.1) is 0 Å². The summed E-state index contributed by atoms with van der Waals surface area (Å²) in [7, 11) is 1.61. The van der Waals surface area contributed by atoms with Gasteiger partial charge >= 0.3 is 6.03 Å². The van der Waals surface area contributed by atoms with E-state index in [1.165, 1.54) is 11.8 Å². The third-order valence-electron chi connectivity index (χ3n) is 3.46. The van der Waals surface area contributed by atoms with Crippen LogP contribution in [0.2, 0.25) is 0 Å². The molecular formula is C17H16N4O3S. The molecule has 0 aliphatic heterocycles. The van der Waals surface area contributed by atoms with Crippen molar-refractivity contribution in [1.82, 2.24) is 14.9 Å². The molecule has 7 nitrogen and oxygen atoms in total. The molecule has 0 bridgehead atoms. The highest BCUT2D eigenvalue weighted by Gasteiger charge is 2.15. The molecule has 3 amide bonds. The molecule has 2 aromatic carbocycles. The SMILES string of the molecule is COc1ccc(-n2c(SCC(=O)NC(N)=O)nc3ccccc32)cc1. The van der Waals surface area contributed by atoms with Crippen LogP contribution in [-0.2, 0) is 4.79 Å². The van der Waals surface area contributed by atoms with Crippen molar-refractivity contribution < 1.29 is 14.3 Å². The van der Waals surface area contributed by atoms with E-state index in [0.29, 0.717) is 5.16 Å². The predicted octanol–water partition coefficient (Wildman–Crippen LogP) is 2.32. The number of methoxy groups -OCH3 is 1. The number of hydrogen-bond donors (Lipinski definition) is 2. The first-order valence-electron chi connectivity index (χ1n) is 7.42. The second kappa shape index (κ2) is 7.27. The summed E-state index contributed by atoms with van der Waals surface area (Å²) < 4.78 is 7.15. The van der Waals surface area contributed by atoms with E-state index >= 15 is 0 Å². The van der Waals surface area contributed by atoms with Gasteiger partial charge in [0.25, 0.3) is 0 Å². The van der Waals surface area contributed by atoms with E-state index in [9.17, 15) is 9.59 Å². The number of rotatable bonds is 5. The van der Waals surface area contributed by atoms with Gasteiger partial charge in [0.15, 0.2) is 5.16 Å². The van der Waals surface area contributed by atoms with Crippen molar-refractivity contribution in [2.24, 2.45) is 5.73 Å². The number of urea groups is 1. The summed E-state index contributed by atoms with van der Waals surface area (Å²) >= 11 is 1.23. The molecule has 3 rings (SSSR count). The Morgan fingerprint density at radius 3 is 2.60 bits per heavy atom. The minimum atomic E-state index is -0.866. The number of thioether (sulfide) groups is 1. The molecule has 1 aromatic heterocycles. The van der Waals surface area contributed by atoms with Gasteiger partial charge in [0, 0.05) is 5.69 Å². The van der Waals surface area contributed by atoms with E-state index in [1.54, 1.807) is 7.11 Å². The number of imide groups is 1. The van der Waals surface area contributed by atoms with Gasteiger partial charge in [-0.2, -0.15) is 0 Å². The minimum absolute atomic E-state index is 0.0302. The van der Waals surface area contributed by atoms with Crippen LogP contribution in [0.4, 0.5) is 4.79 Å². The van der Waals surface area contributed by atoms with Gasteiger partial charge in [0.05, 0.1) is 23.9 Å². The molecule has 8 heteroatoms. The Kier molecular flexibility index (Phi) is 4.90. The standard InChI is InChI=1S/C17H16N4O3S/c1-24-12-8-6-11(7-9-12)21-14-5-3-2-4-13(14)19-17(21)25-10-15(22)20-16(18)23/h2-9H,10H2,1H3,(H3,18,20,22,23). The van der Waals surface area contributed by atoms with E-state index in [1.807, 2.05) is 58.4 Å². The molecule has 0 aliphatic rings. The molecule has 0 saturated heterocycles. The van der Waals surface area contributed by atoms with Gasteiger partial charge in [-0.15, -0.1) is 0 Å². The van der Waals surface area contributed by atoms with Crippen LogP contribution in [0.3, 0.4) is 0 Å². The molecular weight excluding hydrogens is 340 g/mol. The van der Waals surface area contributed by atoms with Gasteiger partial charge in [0.2, 0.25) is 5.91 Å².